The molecule has 0 saturated heterocycles. The zero-order chi connectivity index (χ0) is 22.9. The van der Waals surface area contributed by atoms with E-state index in [0.29, 0.717) is 10.6 Å². The molecule has 4 aromatic rings. The fourth-order valence-corrected chi connectivity index (χ4v) is 7.28. The van der Waals surface area contributed by atoms with Gasteiger partial charge in [-0.25, -0.2) is 9.97 Å². The molecule has 0 bridgehead atoms. The highest BCUT2D eigenvalue weighted by Gasteiger charge is 2.26. The van der Waals surface area contributed by atoms with Gasteiger partial charge in [0.2, 0.25) is 5.91 Å². The molecule has 0 spiro atoms. The summed E-state index contributed by atoms with van der Waals surface area (Å²) in [6, 6.07) is 12.2. The number of thioether (sulfide) groups is 1. The van der Waals surface area contributed by atoms with E-state index in [4.69, 9.17) is 5.73 Å². The third-order valence-corrected chi connectivity index (χ3v) is 9.08. The minimum Gasteiger partial charge on any atom is -0.365 e. The first kappa shape index (κ1) is 22.1. The van der Waals surface area contributed by atoms with Crippen LogP contribution < -0.4 is 11.1 Å². The van der Waals surface area contributed by atoms with Gasteiger partial charge in [0.1, 0.15) is 21.2 Å². The van der Waals surface area contributed by atoms with E-state index in [1.165, 1.54) is 23.1 Å². The maximum absolute atomic E-state index is 13.0. The Bertz CT molecular complexity index is 1350. The average Bonchev–Trinajstić information content (AvgIpc) is 3.41. The van der Waals surface area contributed by atoms with Gasteiger partial charge in [-0.3, -0.25) is 9.59 Å². The Balaban J connectivity index is 1.37. The molecule has 1 unspecified atom stereocenters. The van der Waals surface area contributed by atoms with Crippen molar-refractivity contribution in [1.29, 1.82) is 0 Å². The van der Waals surface area contributed by atoms with Gasteiger partial charge in [-0.1, -0.05) is 42.1 Å². The number of hydrogen-bond donors (Lipinski definition) is 2. The van der Waals surface area contributed by atoms with Gasteiger partial charge >= 0.3 is 0 Å². The highest BCUT2D eigenvalue weighted by atomic mass is 32.2. The molecule has 2 amide bonds. The molecule has 1 aliphatic rings. The van der Waals surface area contributed by atoms with Gasteiger partial charge in [0.25, 0.3) is 5.91 Å². The van der Waals surface area contributed by atoms with E-state index in [9.17, 15) is 9.59 Å². The lowest BCUT2D eigenvalue weighted by molar-refractivity contribution is -0.115. The zero-order valence-corrected chi connectivity index (χ0v) is 20.4. The molecule has 0 radical (unpaired) electrons. The maximum Gasteiger partial charge on any atom is 0.251 e. The lowest BCUT2D eigenvalue weighted by Crippen LogP contribution is -2.24. The molecule has 1 aromatic carbocycles. The van der Waals surface area contributed by atoms with Crippen LogP contribution in [0.25, 0.3) is 20.7 Å². The second-order valence-corrected chi connectivity index (χ2v) is 11.4. The van der Waals surface area contributed by atoms with Gasteiger partial charge in [0.05, 0.1) is 10.8 Å². The maximum atomic E-state index is 13.0. The number of primary amides is 1. The summed E-state index contributed by atoms with van der Waals surface area (Å²) in [6.45, 7) is 1.84. The number of fused-ring (bicyclic) bond motifs is 2. The highest BCUT2D eigenvalue weighted by molar-refractivity contribution is 8.00. The fraction of sp³-hybridized carbons (Fsp3) is 0.250. The van der Waals surface area contributed by atoms with Crippen molar-refractivity contribution in [2.24, 2.45) is 5.73 Å². The van der Waals surface area contributed by atoms with Gasteiger partial charge in [-0.05, 0) is 49.8 Å². The monoisotopic (exact) mass is 494 g/mol. The summed E-state index contributed by atoms with van der Waals surface area (Å²) in [5, 5.41) is 4.83. The summed E-state index contributed by atoms with van der Waals surface area (Å²) in [7, 11) is 0. The van der Waals surface area contributed by atoms with Crippen LogP contribution in [0.1, 0.15) is 40.6 Å². The Morgan fingerprint density at radius 2 is 1.91 bits per heavy atom. The smallest absolute Gasteiger partial charge is 0.251 e. The Hall–Kier alpha value is -2.75. The molecule has 9 heteroatoms. The molecule has 3 N–H and O–H groups in total. The minimum absolute atomic E-state index is 0.175. The van der Waals surface area contributed by atoms with E-state index in [-0.39, 0.29) is 5.91 Å². The van der Waals surface area contributed by atoms with Crippen molar-refractivity contribution >= 4 is 61.5 Å². The van der Waals surface area contributed by atoms with E-state index < -0.39 is 11.2 Å². The molecule has 1 aliphatic carbocycles. The van der Waals surface area contributed by atoms with Gasteiger partial charge in [0, 0.05) is 15.1 Å². The molecule has 3 aromatic heterocycles. The summed E-state index contributed by atoms with van der Waals surface area (Å²) in [6.07, 6.45) is 5.45. The average molecular weight is 495 g/mol. The second-order valence-electron chi connectivity index (χ2n) is 7.90. The number of anilines is 1. The van der Waals surface area contributed by atoms with Crippen LogP contribution in [0.5, 0.6) is 0 Å². The van der Waals surface area contributed by atoms with Crippen molar-refractivity contribution < 1.29 is 9.59 Å². The molecule has 0 aliphatic heterocycles. The Kier molecular flexibility index (Phi) is 6.18. The van der Waals surface area contributed by atoms with Crippen LogP contribution in [0.2, 0.25) is 0 Å². The number of nitrogens with one attached hydrogen (secondary N) is 1. The topological polar surface area (TPSA) is 98.0 Å². The summed E-state index contributed by atoms with van der Waals surface area (Å²) in [5.41, 5.74) is 8.29. The SMILES string of the molecule is CC(Sc1ncnc2sc(-c3ccccc3)cc12)C(=O)Nc1sc2c(c1C(N)=O)CCCC2. The van der Waals surface area contributed by atoms with Crippen LogP contribution in [-0.2, 0) is 17.6 Å². The molecule has 0 fully saturated rings. The third kappa shape index (κ3) is 4.40. The van der Waals surface area contributed by atoms with Crippen molar-refractivity contribution in [2.75, 3.05) is 5.32 Å². The second kappa shape index (κ2) is 9.24. The van der Waals surface area contributed by atoms with Gasteiger partial charge < -0.3 is 11.1 Å². The largest absolute Gasteiger partial charge is 0.365 e. The number of carbonyl (C=O) groups is 2. The molecular weight excluding hydrogens is 472 g/mol. The lowest BCUT2D eigenvalue weighted by atomic mass is 9.95. The first-order valence-corrected chi connectivity index (χ1v) is 13.2. The number of rotatable bonds is 6. The number of carbonyl (C=O) groups excluding carboxylic acids is 2. The van der Waals surface area contributed by atoms with E-state index in [0.717, 1.165) is 61.8 Å². The predicted molar refractivity (Wildman–Crippen MR) is 136 cm³/mol. The van der Waals surface area contributed by atoms with Crippen LogP contribution in [0, 0.1) is 0 Å². The summed E-state index contributed by atoms with van der Waals surface area (Å²) < 4.78 is 0. The molecule has 5 rings (SSSR count). The van der Waals surface area contributed by atoms with Crippen LogP contribution in [0.15, 0.2) is 47.8 Å². The number of amides is 2. The number of hydrogen-bond acceptors (Lipinski definition) is 7. The van der Waals surface area contributed by atoms with E-state index >= 15 is 0 Å². The van der Waals surface area contributed by atoms with Gasteiger partial charge in [0.15, 0.2) is 0 Å². The molecule has 0 saturated carbocycles. The number of nitrogens with zero attached hydrogens (tertiary/aromatic N) is 2. The summed E-state index contributed by atoms with van der Waals surface area (Å²) >= 11 is 4.48. The molecule has 168 valence electrons. The number of nitrogens with two attached hydrogens (primary N) is 1. The molecule has 33 heavy (non-hydrogen) atoms. The third-order valence-electron chi connectivity index (χ3n) is 5.66. The standard InChI is InChI=1S/C24H22N4O2S3/c1-13(21(30)28-24-19(20(25)29)15-9-5-6-10-17(15)32-24)31-22-16-11-18(14-7-3-2-4-8-14)33-23(16)27-12-26-22/h2-4,7-8,11-13H,5-6,9-10H2,1H3,(H2,25,29)(H,28,30). The van der Waals surface area contributed by atoms with Crippen molar-refractivity contribution in [3.63, 3.8) is 0 Å². The van der Waals surface area contributed by atoms with Crippen LogP contribution in [0.4, 0.5) is 5.00 Å². The highest BCUT2D eigenvalue weighted by Crippen LogP contribution is 2.40. The Labute approximate surface area is 203 Å². The predicted octanol–water partition coefficient (Wildman–Crippen LogP) is 5.52. The first-order valence-electron chi connectivity index (χ1n) is 10.7. The minimum atomic E-state index is -0.478. The van der Waals surface area contributed by atoms with Gasteiger partial charge in [-0.15, -0.1) is 22.7 Å². The molecule has 6 nitrogen and oxygen atoms in total. The van der Waals surface area contributed by atoms with E-state index in [1.54, 1.807) is 17.7 Å². The number of thiophene rings is 2. The van der Waals surface area contributed by atoms with Crippen LogP contribution >= 0.6 is 34.4 Å². The zero-order valence-electron chi connectivity index (χ0n) is 18.0. The summed E-state index contributed by atoms with van der Waals surface area (Å²) in [4.78, 5) is 37.2. The number of aromatic nitrogens is 2. The fourth-order valence-electron chi connectivity index (χ4n) is 4.02. The van der Waals surface area contributed by atoms with Crippen molar-refractivity contribution in [3.8, 4) is 10.4 Å². The van der Waals surface area contributed by atoms with Crippen molar-refractivity contribution in [3.05, 3.63) is 58.7 Å². The van der Waals surface area contributed by atoms with E-state index in [2.05, 4.69) is 33.5 Å². The van der Waals surface area contributed by atoms with Gasteiger partial charge in [-0.2, -0.15) is 0 Å². The lowest BCUT2D eigenvalue weighted by Gasteiger charge is -2.12. The quantitative estimate of drug-likeness (QED) is 0.272. The molecule has 1 atom stereocenters. The van der Waals surface area contributed by atoms with Crippen LogP contribution in [0.3, 0.4) is 0 Å². The summed E-state index contributed by atoms with van der Waals surface area (Å²) in [5.74, 6) is -0.652. The Morgan fingerprint density at radius 1 is 1.12 bits per heavy atom. The molecule has 3 heterocycles. The number of benzene rings is 1. The Morgan fingerprint density at radius 3 is 2.70 bits per heavy atom. The molecular formula is C24H22N4O2S3. The van der Waals surface area contributed by atoms with Crippen molar-refractivity contribution in [1.82, 2.24) is 9.97 Å². The van der Waals surface area contributed by atoms with Crippen molar-refractivity contribution in [2.45, 2.75) is 42.9 Å². The van der Waals surface area contributed by atoms with Crippen LogP contribution in [-0.4, -0.2) is 27.0 Å². The number of aryl methyl sites for hydroxylation is 1. The first-order chi connectivity index (χ1) is 16.0. The normalized spacial score (nSPS) is 14.1. The van der Waals surface area contributed by atoms with E-state index in [1.807, 2.05) is 25.1 Å².